The van der Waals surface area contributed by atoms with Gasteiger partial charge in [-0.25, -0.2) is 0 Å². The predicted molar refractivity (Wildman–Crippen MR) is 91.8 cm³/mol. The van der Waals surface area contributed by atoms with Crippen LogP contribution in [-0.2, 0) is 12.5 Å². The van der Waals surface area contributed by atoms with Crippen LogP contribution in [0.1, 0.15) is 55.3 Å². The summed E-state index contributed by atoms with van der Waals surface area (Å²) in [5, 5.41) is 8.82. The number of hydrogen-bond donors (Lipinski definition) is 0. The summed E-state index contributed by atoms with van der Waals surface area (Å²) in [5.74, 6) is 1.69. The van der Waals surface area contributed by atoms with Crippen LogP contribution >= 0.6 is 0 Å². The van der Waals surface area contributed by atoms with E-state index in [1.807, 2.05) is 17.8 Å². The van der Waals surface area contributed by atoms with Gasteiger partial charge in [-0.2, -0.15) is 10.1 Å². The Bertz CT molecular complexity index is 886. The van der Waals surface area contributed by atoms with Crippen molar-refractivity contribution in [2.24, 2.45) is 7.05 Å². The first-order valence-corrected chi connectivity index (χ1v) is 8.46. The molecule has 0 saturated heterocycles. The molecule has 0 amide bonds. The second-order valence-corrected chi connectivity index (χ2v) is 7.05. The lowest BCUT2D eigenvalue weighted by Gasteiger charge is -2.13. The summed E-state index contributed by atoms with van der Waals surface area (Å²) in [6.07, 6.45) is 2.13. The average Bonchev–Trinajstić information content (AvgIpc) is 3.02. The van der Waals surface area contributed by atoms with Crippen molar-refractivity contribution >= 4 is 0 Å². The quantitative estimate of drug-likeness (QED) is 0.729. The number of aromatic nitrogens is 4. The lowest BCUT2D eigenvalue weighted by molar-refractivity contribution is 0.416. The van der Waals surface area contributed by atoms with Crippen LogP contribution in [0.3, 0.4) is 0 Å². The highest BCUT2D eigenvalue weighted by atomic mass is 16.5. The maximum absolute atomic E-state index is 5.55. The van der Waals surface area contributed by atoms with Gasteiger partial charge < -0.3 is 4.52 Å². The Kier molecular flexibility index (Phi) is 3.34. The van der Waals surface area contributed by atoms with Crippen molar-refractivity contribution in [2.45, 2.75) is 44.9 Å². The Balaban J connectivity index is 1.71. The van der Waals surface area contributed by atoms with Crippen molar-refractivity contribution in [2.75, 3.05) is 0 Å². The van der Waals surface area contributed by atoms with Crippen LogP contribution in [0.25, 0.3) is 11.6 Å². The molecule has 124 valence electrons. The molecule has 5 nitrogen and oxygen atoms in total. The molecular formula is C19H22N4O. The summed E-state index contributed by atoms with van der Waals surface area (Å²) in [4.78, 5) is 4.69. The van der Waals surface area contributed by atoms with E-state index in [9.17, 15) is 0 Å². The lowest BCUT2D eigenvalue weighted by atomic mass is 9.91. The van der Waals surface area contributed by atoms with Gasteiger partial charge in [0, 0.05) is 12.7 Å². The van der Waals surface area contributed by atoms with Gasteiger partial charge in [-0.3, -0.25) is 4.68 Å². The standard InChI is InChI=1S/C19H22N4O/c1-12(2)16-11-15(21-23(16)4)17-20-18(22-24-17)19(9-10-19)14-8-6-5-7-13(14)3/h5-8,11-12H,9-10H2,1-4H3. The summed E-state index contributed by atoms with van der Waals surface area (Å²) >= 11 is 0. The van der Waals surface area contributed by atoms with Gasteiger partial charge in [0.05, 0.1) is 5.41 Å². The predicted octanol–water partition coefficient (Wildman–Crippen LogP) is 3.98. The minimum Gasteiger partial charge on any atom is -0.332 e. The summed E-state index contributed by atoms with van der Waals surface area (Å²) in [7, 11) is 1.95. The highest BCUT2D eigenvalue weighted by Gasteiger charge is 2.50. The Morgan fingerprint density at radius 2 is 1.96 bits per heavy atom. The molecule has 0 bridgehead atoms. The van der Waals surface area contributed by atoms with Crippen molar-refractivity contribution in [3.63, 3.8) is 0 Å². The minimum atomic E-state index is -0.0806. The number of benzene rings is 1. The van der Waals surface area contributed by atoms with E-state index < -0.39 is 0 Å². The number of aryl methyl sites for hydroxylation is 2. The van der Waals surface area contributed by atoms with Gasteiger partial charge >= 0.3 is 0 Å². The fourth-order valence-electron chi connectivity index (χ4n) is 3.50. The van der Waals surface area contributed by atoms with Crippen LogP contribution in [0.2, 0.25) is 0 Å². The molecule has 1 saturated carbocycles. The first-order chi connectivity index (χ1) is 11.5. The average molecular weight is 322 g/mol. The molecule has 5 heteroatoms. The smallest absolute Gasteiger partial charge is 0.278 e. The zero-order valence-electron chi connectivity index (χ0n) is 14.6. The van der Waals surface area contributed by atoms with Gasteiger partial charge in [0.1, 0.15) is 0 Å². The van der Waals surface area contributed by atoms with E-state index in [-0.39, 0.29) is 5.41 Å². The molecule has 4 rings (SSSR count). The van der Waals surface area contributed by atoms with Crippen molar-refractivity contribution in [1.82, 2.24) is 19.9 Å². The second-order valence-electron chi connectivity index (χ2n) is 7.05. The molecular weight excluding hydrogens is 300 g/mol. The molecule has 3 aromatic rings. The molecule has 1 aliphatic carbocycles. The molecule has 0 radical (unpaired) electrons. The van der Waals surface area contributed by atoms with Crippen LogP contribution in [0, 0.1) is 6.92 Å². The molecule has 2 heterocycles. The van der Waals surface area contributed by atoms with E-state index in [2.05, 4.69) is 55.3 Å². The highest BCUT2D eigenvalue weighted by Crippen LogP contribution is 2.53. The van der Waals surface area contributed by atoms with Crippen LogP contribution in [0.5, 0.6) is 0 Å². The topological polar surface area (TPSA) is 56.7 Å². The zero-order chi connectivity index (χ0) is 16.9. The fourth-order valence-corrected chi connectivity index (χ4v) is 3.50. The Hall–Kier alpha value is -2.43. The molecule has 1 aromatic carbocycles. The Morgan fingerprint density at radius 1 is 1.21 bits per heavy atom. The molecule has 0 spiro atoms. The minimum absolute atomic E-state index is 0.0806. The van der Waals surface area contributed by atoms with Gasteiger partial charge in [0.2, 0.25) is 0 Å². The van der Waals surface area contributed by atoms with Gasteiger partial charge in [0.15, 0.2) is 11.5 Å². The Morgan fingerprint density at radius 3 is 2.58 bits per heavy atom. The van der Waals surface area contributed by atoms with E-state index >= 15 is 0 Å². The van der Waals surface area contributed by atoms with Gasteiger partial charge in [-0.15, -0.1) is 0 Å². The molecule has 2 aromatic heterocycles. The van der Waals surface area contributed by atoms with Crippen molar-refractivity contribution in [1.29, 1.82) is 0 Å². The first-order valence-electron chi connectivity index (χ1n) is 8.46. The monoisotopic (exact) mass is 322 g/mol. The highest BCUT2D eigenvalue weighted by molar-refractivity contribution is 5.50. The maximum Gasteiger partial charge on any atom is 0.278 e. The first kappa shape index (κ1) is 15.1. The molecule has 0 unspecified atom stereocenters. The molecule has 0 aliphatic heterocycles. The number of nitrogens with zero attached hydrogens (tertiary/aromatic N) is 4. The fraction of sp³-hybridized carbons (Fsp3) is 0.421. The van der Waals surface area contributed by atoms with Gasteiger partial charge in [0.25, 0.3) is 5.89 Å². The molecule has 1 aliphatic rings. The molecule has 0 atom stereocenters. The normalized spacial score (nSPS) is 15.9. The summed E-state index contributed by atoms with van der Waals surface area (Å²) in [6, 6.07) is 10.5. The van der Waals surface area contributed by atoms with E-state index in [1.54, 1.807) is 0 Å². The van der Waals surface area contributed by atoms with E-state index in [0.29, 0.717) is 11.8 Å². The van der Waals surface area contributed by atoms with Gasteiger partial charge in [-0.05, 0) is 42.9 Å². The van der Waals surface area contributed by atoms with Crippen molar-refractivity contribution in [3.05, 3.63) is 53.0 Å². The lowest BCUT2D eigenvalue weighted by Crippen LogP contribution is -2.12. The maximum atomic E-state index is 5.55. The second kappa shape index (κ2) is 5.30. The van der Waals surface area contributed by atoms with Crippen LogP contribution in [0.4, 0.5) is 0 Å². The summed E-state index contributed by atoms with van der Waals surface area (Å²) in [6.45, 7) is 6.44. The molecule has 1 fully saturated rings. The Labute approximate surface area is 141 Å². The van der Waals surface area contributed by atoms with E-state index in [4.69, 9.17) is 9.51 Å². The zero-order valence-corrected chi connectivity index (χ0v) is 14.6. The van der Waals surface area contributed by atoms with Crippen molar-refractivity contribution < 1.29 is 4.52 Å². The van der Waals surface area contributed by atoms with Crippen molar-refractivity contribution in [3.8, 4) is 11.6 Å². The third-order valence-corrected chi connectivity index (χ3v) is 4.99. The van der Waals surface area contributed by atoms with Crippen LogP contribution in [0.15, 0.2) is 34.9 Å². The molecule has 24 heavy (non-hydrogen) atoms. The SMILES string of the molecule is Cc1ccccc1C1(c2noc(-c3cc(C(C)C)n(C)n3)n2)CC1. The molecule has 0 N–H and O–H groups in total. The van der Waals surface area contributed by atoms with Crippen LogP contribution < -0.4 is 0 Å². The number of hydrogen-bond acceptors (Lipinski definition) is 4. The summed E-state index contributed by atoms with van der Waals surface area (Å²) < 4.78 is 7.44. The third kappa shape index (κ3) is 2.27. The van der Waals surface area contributed by atoms with E-state index in [1.165, 1.54) is 11.1 Å². The van der Waals surface area contributed by atoms with E-state index in [0.717, 1.165) is 30.1 Å². The third-order valence-electron chi connectivity index (χ3n) is 4.99. The number of rotatable bonds is 4. The van der Waals surface area contributed by atoms with Gasteiger partial charge in [-0.1, -0.05) is 43.3 Å². The van der Waals surface area contributed by atoms with Crippen LogP contribution in [-0.4, -0.2) is 19.9 Å². The summed E-state index contributed by atoms with van der Waals surface area (Å²) in [5.41, 5.74) is 4.41. The largest absolute Gasteiger partial charge is 0.332 e.